The molecule has 0 N–H and O–H groups in total. The summed E-state index contributed by atoms with van der Waals surface area (Å²) in [5.41, 5.74) is 0.634. The average Bonchev–Trinajstić information content (AvgIpc) is 3.00. The summed E-state index contributed by atoms with van der Waals surface area (Å²) in [5.74, 6) is 1.33. The minimum atomic E-state index is -0.0806. The Kier molecular flexibility index (Phi) is 4.09. The van der Waals surface area contributed by atoms with Crippen LogP contribution in [0.25, 0.3) is 0 Å². The smallest absolute Gasteiger partial charge is 0.264 e. The van der Waals surface area contributed by atoms with Gasteiger partial charge in [0.1, 0.15) is 5.82 Å². The summed E-state index contributed by atoms with van der Waals surface area (Å²) in [4.78, 5) is 25.3. The van der Waals surface area contributed by atoms with E-state index in [2.05, 4.69) is 14.9 Å². The van der Waals surface area contributed by atoms with E-state index in [0.29, 0.717) is 11.5 Å². The van der Waals surface area contributed by atoms with Crippen molar-refractivity contribution in [2.24, 2.45) is 7.05 Å². The summed E-state index contributed by atoms with van der Waals surface area (Å²) in [6.45, 7) is 1.92. The lowest BCUT2D eigenvalue weighted by Gasteiger charge is -2.29. The monoisotopic (exact) mass is 299 g/mol. The van der Waals surface area contributed by atoms with Crippen LogP contribution in [0.15, 0.2) is 30.7 Å². The second-order valence-electron chi connectivity index (χ2n) is 5.62. The number of piperidine rings is 1. The first-order valence-corrected chi connectivity index (χ1v) is 7.64. The molecule has 1 saturated heterocycles. The Balaban J connectivity index is 1.91. The fraction of sp³-hybridized carbons (Fsp3) is 0.438. The van der Waals surface area contributed by atoms with Crippen molar-refractivity contribution in [3.8, 4) is 0 Å². The summed E-state index contributed by atoms with van der Waals surface area (Å²) < 4.78 is 1.83. The van der Waals surface area contributed by atoms with E-state index in [1.54, 1.807) is 24.3 Å². The zero-order valence-corrected chi connectivity index (χ0v) is 13.1. The van der Waals surface area contributed by atoms with Crippen LogP contribution in [-0.4, -0.2) is 40.6 Å². The molecule has 1 amide bonds. The van der Waals surface area contributed by atoms with Crippen molar-refractivity contribution in [1.82, 2.24) is 14.5 Å². The third-order valence-electron chi connectivity index (χ3n) is 4.07. The van der Waals surface area contributed by atoms with Crippen LogP contribution in [0, 0.1) is 0 Å². The number of carbonyl (C=O) groups excluding carboxylic acids is 1. The molecule has 1 aliphatic rings. The van der Waals surface area contributed by atoms with Crippen LogP contribution in [0.3, 0.4) is 0 Å². The molecule has 0 unspecified atom stereocenters. The molecule has 0 aromatic carbocycles. The van der Waals surface area contributed by atoms with E-state index in [1.165, 1.54) is 6.42 Å². The van der Waals surface area contributed by atoms with Crippen molar-refractivity contribution in [3.63, 3.8) is 0 Å². The molecule has 0 atom stereocenters. The quantitative estimate of drug-likeness (QED) is 0.871. The van der Waals surface area contributed by atoms with E-state index in [0.717, 1.165) is 31.7 Å². The van der Waals surface area contributed by atoms with Crippen LogP contribution in [-0.2, 0) is 7.05 Å². The van der Waals surface area contributed by atoms with Gasteiger partial charge in [0.25, 0.3) is 5.91 Å². The molecule has 1 fully saturated rings. The van der Waals surface area contributed by atoms with Gasteiger partial charge in [-0.05, 0) is 31.4 Å². The first-order valence-electron chi connectivity index (χ1n) is 7.64. The van der Waals surface area contributed by atoms with Crippen molar-refractivity contribution in [2.75, 3.05) is 29.9 Å². The number of aromatic nitrogens is 3. The highest BCUT2D eigenvalue weighted by atomic mass is 16.2. The standard InChI is InChI=1S/C16H21N5O/c1-19-12-9-18-16(19)20(2)15(22)13-7-6-8-17-14(13)21-10-4-3-5-11-21/h6-9,12H,3-5,10-11H2,1-2H3. The van der Waals surface area contributed by atoms with Gasteiger partial charge in [0.2, 0.25) is 5.95 Å². The Morgan fingerprint density at radius 3 is 2.64 bits per heavy atom. The van der Waals surface area contributed by atoms with E-state index < -0.39 is 0 Å². The Morgan fingerprint density at radius 2 is 1.95 bits per heavy atom. The third kappa shape index (κ3) is 2.68. The van der Waals surface area contributed by atoms with Crippen molar-refractivity contribution in [1.29, 1.82) is 0 Å². The lowest BCUT2D eigenvalue weighted by Crippen LogP contribution is -2.34. The van der Waals surface area contributed by atoms with Gasteiger partial charge in [-0.1, -0.05) is 0 Å². The molecule has 3 heterocycles. The van der Waals surface area contributed by atoms with E-state index in [1.807, 2.05) is 29.9 Å². The number of hydrogen-bond donors (Lipinski definition) is 0. The zero-order valence-electron chi connectivity index (χ0n) is 13.1. The molecule has 6 nitrogen and oxygen atoms in total. The Labute approximate surface area is 130 Å². The molecule has 2 aromatic heterocycles. The number of imidazole rings is 1. The number of pyridine rings is 1. The van der Waals surface area contributed by atoms with E-state index >= 15 is 0 Å². The first-order chi connectivity index (χ1) is 10.7. The largest absolute Gasteiger partial charge is 0.356 e. The maximum atomic E-state index is 12.9. The van der Waals surface area contributed by atoms with Gasteiger partial charge < -0.3 is 9.47 Å². The molecule has 0 bridgehead atoms. The number of amides is 1. The lowest BCUT2D eigenvalue weighted by molar-refractivity contribution is 0.0991. The first kappa shape index (κ1) is 14.6. The van der Waals surface area contributed by atoms with Gasteiger partial charge in [0.15, 0.2) is 0 Å². The van der Waals surface area contributed by atoms with Gasteiger partial charge in [-0.2, -0.15) is 0 Å². The second-order valence-corrected chi connectivity index (χ2v) is 5.62. The number of carbonyl (C=O) groups is 1. The van der Waals surface area contributed by atoms with Gasteiger partial charge in [0.05, 0.1) is 5.56 Å². The fourth-order valence-corrected chi connectivity index (χ4v) is 2.87. The number of nitrogens with zero attached hydrogens (tertiary/aromatic N) is 5. The van der Waals surface area contributed by atoms with Crippen LogP contribution < -0.4 is 9.80 Å². The topological polar surface area (TPSA) is 54.3 Å². The predicted octanol–water partition coefficient (Wildman–Crippen LogP) is 2.08. The van der Waals surface area contributed by atoms with Crippen LogP contribution in [0.5, 0.6) is 0 Å². The Hall–Kier alpha value is -2.37. The van der Waals surface area contributed by atoms with Crippen molar-refractivity contribution < 1.29 is 4.79 Å². The lowest BCUT2D eigenvalue weighted by atomic mass is 10.1. The Morgan fingerprint density at radius 1 is 1.18 bits per heavy atom. The van der Waals surface area contributed by atoms with Crippen molar-refractivity contribution >= 4 is 17.7 Å². The van der Waals surface area contributed by atoms with E-state index in [-0.39, 0.29) is 5.91 Å². The molecule has 2 aromatic rings. The highest BCUT2D eigenvalue weighted by Gasteiger charge is 2.23. The van der Waals surface area contributed by atoms with E-state index in [4.69, 9.17) is 0 Å². The molecule has 3 rings (SSSR count). The summed E-state index contributed by atoms with van der Waals surface area (Å²) in [5, 5.41) is 0. The highest BCUT2D eigenvalue weighted by molar-refractivity contribution is 6.08. The molecule has 0 saturated carbocycles. The third-order valence-corrected chi connectivity index (χ3v) is 4.07. The molecular formula is C16H21N5O. The predicted molar refractivity (Wildman–Crippen MR) is 86.2 cm³/mol. The molecule has 0 radical (unpaired) electrons. The molecule has 1 aliphatic heterocycles. The minimum absolute atomic E-state index is 0.0806. The molecule has 22 heavy (non-hydrogen) atoms. The van der Waals surface area contributed by atoms with Crippen LogP contribution >= 0.6 is 0 Å². The van der Waals surface area contributed by atoms with Gasteiger partial charge in [-0.25, -0.2) is 9.97 Å². The van der Waals surface area contributed by atoms with Crippen LogP contribution in [0.2, 0.25) is 0 Å². The van der Waals surface area contributed by atoms with Crippen LogP contribution in [0.4, 0.5) is 11.8 Å². The maximum absolute atomic E-state index is 12.9. The molecule has 0 spiro atoms. The van der Waals surface area contributed by atoms with Gasteiger partial charge in [-0.15, -0.1) is 0 Å². The summed E-state index contributed by atoms with van der Waals surface area (Å²) in [7, 11) is 3.62. The number of hydrogen-bond acceptors (Lipinski definition) is 4. The molecule has 0 aliphatic carbocycles. The summed E-state index contributed by atoms with van der Waals surface area (Å²) >= 11 is 0. The normalized spacial score (nSPS) is 14.9. The number of anilines is 2. The zero-order chi connectivity index (χ0) is 15.5. The Bertz CT molecular complexity index is 660. The molecule has 6 heteroatoms. The van der Waals surface area contributed by atoms with E-state index in [9.17, 15) is 4.79 Å². The van der Waals surface area contributed by atoms with Gasteiger partial charge in [-0.3, -0.25) is 9.69 Å². The number of rotatable bonds is 3. The van der Waals surface area contributed by atoms with Gasteiger partial charge in [0, 0.05) is 45.8 Å². The molecular weight excluding hydrogens is 278 g/mol. The SMILES string of the molecule is CN(C(=O)c1cccnc1N1CCCCC1)c1nccn1C. The highest BCUT2D eigenvalue weighted by Crippen LogP contribution is 2.23. The summed E-state index contributed by atoms with van der Waals surface area (Å²) in [6, 6.07) is 3.66. The van der Waals surface area contributed by atoms with Crippen molar-refractivity contribution in [3.05, 3.63) is 36.3 Å². The van der Waals surface area contributed by atoms with Crippen LogP contribution in [0.1, 0.15) is 29.6 Å². The number of aryl methyl sites for hydroxylation is 1. The average molecular weight is 299 g/mol. The minimum Gasteiger partial charge on any atom is -0.356 e. The molecule has 116 valence electrons. The second kappa shape index (κ2) is 6.17. The van der Waals surface area contributed by atoms with Gasteiger partial charge >= 0.3 is 0 Å². The summed E-state index contributed by atoms with van der Waals surface area (Å²) in [6.07, 6.45) is 8.82. The maximum Gasteiger partial charge on any atom is 0.264 e. The fourth-order valence-electron chi connectivity index (χ4n) is 2.87. The van der Waals surface area contributed by atoms with Crippen molar-refractivity contribution in [2.45, 2.75) is 19.3 Å².